The number of benzene rings is 4. The lowest BCUT2D eigenvalue weighted by atomic mass is 9.71. The van der Waals surface area contributed by atoms with Crippen LogP contribution in [0, 0.1) is 5.41 Å². The van der Waals surface area contributed by atoms with Gasteiger partial charge in [0.25, 0.3) is 10.1 Å². The molecule has 10 heteroatoms. The first-order chi connectivity index (χ1) is 26.6. The molecule has 1 heterocycles. The topological polar surface area (TPSA) is 127 Å². The first-order valence-corrected chi connectivity index (χ1v) is 20.9. The molecule has 0 bridgehead atoms. The Morgan fingerprint density at radius 2 is 1.59 bits per heavy atom. The largest absolute Gasteiger partial charge is 0.480 e. The van der Waals surface area contributed by atoms with Crippen molar-refractivity contribution in [1.29, 1.82) is 0 Å². The predicted octanol–water partition coefficient (Wildman–Crippen LogP) is 8.83. The summed E-state index contributed by atoms with van der Waals surface area (Å²) in [6, 6.07) is 25.3. The van der Waals surface area contributed by atoms with Gasteiger partial charge in [-0.1, -0.05) is 101 Å². The van der Waals surface area contributed by atoms with Crippen molar-refractivity contribution in [3.8, 4) is 0 Å². The van der Waals surface area contributed by atoms with E-state index >= 15 is 0 Å². The third kappa shape index (κ3) is 7.86. The Balaban J connectivity index is 1.43. The molecule has 6 rings (SSSR count). The number of fused-ring (bicyclic) bond motifs is 4. The SMILES string of the molecule is CCN1/C(=C/C=C2C=C(/C=C/C=[N+](CC)c3ccc4ccccc4c3C(C)C)CC(C(=O)O)(C(=O)NCCS(=O)(=O)O)C/2)C(C)(C)c2c1ccc1ccccc21. The fourth-order valence-electron chi connectivity index (χ4n) is 8.52. The molecule has 1 amide bonds. The molecule has 1 aliphatic carbocycles. The smallest absolute Gasteiger partial charge is 0.319 e. The number of carbonyl (C=O) groups is 2. The average molecular weight is 775 g/mol. The summed E-state index contributed by atoms with van der Waals surface area (Å²) >= 11 is 0. The van der Waals surface area contributed by atoms with Crippen molar-refractivity contribution < 1.29 is 32.2 Å². The summed E-state index contributed by atoms with van der Waals surface area (Å²) in [5.41, 5.74) is 4.72. The minimum atomic E-state index is -4.37. The highest BCUT2D eigenvalue weighted by molar-refractivity contribution is 7.85. The number of aliphatic carboxylic acids is 1. The van der Waals surface area contributed by atoms with Crippen LogP contribution in [0.1, 0.15) is 71.4 Å². The number of carbonyl (C=O) groups excluding carboxylic acids is 1. The summed E-state index contributed by atoms with van der Waals surface area (Å²) in [4.78, 5) is 29.3. The van der Waals surface area contributed by atoms with Crippen molar-refractivity contribution in [2.45, 2.75) is 65.7 Å². The highest BCUT2D eigenvalue weighted by Gasteiger charge is 2.48. The molecule has 0 saturated heterocycles. The quantitative estimate of drug-likeness (QED) is 0.0568. The molecule has 4 aromatic rings. The maximum Gasteiger partial charge on any atom is 0.319 e. The van der Waals surface area contributed by atoms with Gasteiger partial charge in [-0.15, -0.1) is 0 Å². The lowest BCUT2D eigenvalue weighted by Crippen LogP contribution is -2.49. The van der Waals surface area contributed by atoms with E-state index in [1.165, 1.54) is 27.3 Å². The molecule has 0 spiro atoms. The standard InChI is InChI=1S/C46H51N3O6S/c1-7-48(38-22-20-34-15-9-11-17-36(34)41(38)31(3)4)26-13-14-32-28-33(30-46(29-32,44(51)52)43(50)47-25-27-56(53,54)55)19-24-40-45(5,6)42-37-18-12-10-16-35(37)21-23-39(42)49(40)8-2/h9-24,26,28,31H,7-8,25,27,29-30H2,1-6H3,(H2-,47,50,51,52,53,54,55)/p+1. The summed E-state index contributed by atoms with van der Waals surface area (Å²) in [7, 11) is -4.37. The van der Waals surface area contributed by atoms with E-state index in [9.17, 15) is 27.7 Å². The van der Waals surface area contributed by atoms with E-state index in [-0.39, 0.29) is 24.2 Å². The van der Waals surface area contributed by atoms with Gasteiger partial charge in [0, 0.05) is 47.6 Å². The van der Waals surface area contributed by atoms with Crippen LogP contribution in [0.15, 0.2) is 120 Å². The van der Waals surface area contributed by atoms with Gasteiger partial charge in [-0.05, 0) is 89.1 Å². The molecule has 0 saturated carbocycles. The Hall–Kier alpha value is -5.32. The third-order valence-corrected chi connectivity index (χ3v) is 11.9. The van der Waals surface area contributed by atoms with Gasteiger partial charge in [0.05, 0.1) is 5.75 Å². The maximum absolute atomic E-state index is 13.8. The van der Waals surface area contributed by atoms with Gasteiger partial charge in [-0.2, -0.15) is 13.0 Å². The monoisotopic (exact) mass is 774 g/mol. The molecule has 1 atom stereocenters. The molecule has 0 aromatic heterocycles. The van der Waals surface area contributed by atoms with E-state index in [1.54, 1.807) is 0 Å². The van der Waals surface area contributed by atoms with Crippen molar-refractivity contribution in [3.05, 3.63) is 131 Å². The van der Waals surface area contributed by atoms with Crippen molar-refractivity contribution in [3.63, 3.8) is 0 Å². The van der Waals surface area contributed by atoms with Crippen molar-refractivity contribution in [2.75, 3.05) is 30.3 Å². The number of hydrogen-bond acceptors (Lipinski definition) is 5. The zero-order valence-corrected chi connectivity index (χ0v) is 33.9. The lowest BCUT2D eigenvalue weighted by molar-refractivity contribution is -0.430. The highest BCUT2D eigenvalue weighted by Crippen LogP contribution is 2.51. The summed E-state index contributed by atoms with van der Waals surface area (Å²) in [6.45, 7) is 13.9. The van der Waals surface area contributed by atoms with Crippen LogP contribution in [0.3, 0.4) is 0 Å². The second-order valence-corrected chi connectivity index (χ2v) is 17.1. The number of anilines is 1. The maximum atomic E-state index is 13.8. The van der Waals surface area contributed by atoms with Crippen LogP contribution < -0.4 is 10.2 Å². The zero-order valence-electron chi connectivity index (χ0n) is 33.0. The fourth-order valence-corrected chi connectivity index (χ4v) is 8.88. The van der Waals surface area contributed by atoms with Gasteiger partial charge in [0.2, 0.25) is 11.6 Å². The van der Waals surface area contributed by atoms with E-state index < -0.39 is 39.7 Å². The third-order valence-electron chi connectivity index (χ3n) is 11.1. The Morgan fingerprint density at radius 1 is 0.929 bits per heavy atom. The molecular weight excluding hydrogens is 723 g/mol. The number of nitrogens with zero attached hydrogens (tertiary/aromatic N) is 2. The number of nitrogens with one attached hydrogen (secondary N) is 1. The second-order valence-electron chi connectivity index (χ2n) is 15.5. The van der Waals surface area contributed by atoms with Crippen molar-refractivity contribution in [2.24, 2.45) is 5.41 Å². The Morgan fingerprint density at radius 3 is 2.23 bits per heavy atom. The summed E-state index contributed by atoms with van der Waals surface area (Å²) in [6.07, 6.45) is 11.4. The zero-order chi connectivity index (χ0) is 40.4. The lowest BCUT2D eigenvalue weighted by Gasteiger charge is -2.33. The molecule has 0 fully saturated rings. The first kappa shape index (κ1) is 40.3. The van der Waals surface area contributed by atoms with Crippen LogP contribution in [0.5, 0.6) is 0 Å². The van der Waals surface area contributed by atoms with Crippen molar-refractivity contribution in [1.82, 2.24) is 5.32 Å². The van der Waals surface area contributed by atoms with Crippen LogP contribution in [-0.4, -0.2) is 66.1 Å². The van der Waals surface area contributed by atoms with Crippen LogP contribution >= 0.6 is 0 Å². The molecule has 292 valence electrons. The summed E-state index contributed by atoms with van der Waals surface area (Å²) in [5, 5.41) is 17.9. The molecular formula is C46H52N3O6S+. The number of carboxylic acid groups (broad SMARTS) is 1. The molecule has 3 N–H and O–H groups in total. The molecule has 1 unspecified atom stereocenters. The van der Waals surface area contributed by atoms with Crippen LogP contribution in [0.4, 0.5) is 11.4 Å². The first-order valence-electron chi connectivity index (χ1n) is 19.3. The minimum absolute atomic E-state index is 0.108. The van der Waals surface area contributed by atoms with Crippen molar-refractivity contribution >= 4 is 61.1 Å². The Labute approximate surface area is 330 Å². The van der Waals surface area contributed by atoms with Crippen LogP contribution in [0.25, 0.3) is 21.5 Å². The van der Waals surface area contributed by atoms with Gasteiger partial charge < -0.3 is 15.3 Å². The summed E-state index contributed by atoms with van der Waals surface area (Å²) < 4.78 is 34.3. The number of rotatable bonds is 12. The van der Waals surface area contributed by atoms with Crippen LogP contribution in [-0.2, 0) is 25.1 Å². The molecule has 2 aliphatic rings. The van der Waals surface area contributed by atoms with E-state index in [2.05, 4.69) is 117 Å². The van der Waals surface area contributed by atoms with Gasteiger partial charge in [-0.3, -0.25) is 14.1 Å². The molecule has 4 aromatic carbocycles. The second kappa shape index (κ2) is 16.0. The number of likely N-dealkylation sites (N-methyl/N-ethyl adjacent to an activating group) is 1. The number of allylic oxidation sites excluding steroid dienone is 8. The van der Waals surface area contributed by atoms with Gasteiger partial charge in [0.15, 0.2) is 11.6 Å². The number of amides is 1. The molecule has 0 radical (unpaired) electrons. The minimum Gasteiger partial charge on any atom is -0.480 e. The van der Waals surface area contributed by atoms with Crippen LogP contribution in [0.2, 0.25) is 0 Å². The normalized spacial score (nSPS) is 20.0. The van der Waals surface area contributed by atoms with E-state index in [4.69, 9.17) is 0 Å². The number of carboxylic acids is 1. The van der Waals surface area contributed by atoms with Gasteiger partial charge >= 0.3 is 5.97 Å². The van der Waals surface area contributed by atoms with E-state index in [1.807, 2.05) is 48.7 Å². The van der Waals surface area contributed by atoms with E-state index in [0.717, 1.165) is 29.0 Å². The molecule has 9 nitrogen and oxygen atoms in total. The average Bonchev–Trinajstić information content (AvgIpc) is 3.39. The van der Waals surface area contributed by atoms with Gasteiger partial charge in [0.1, 0.15) is 6.54 Å². The van der Waals surface area contributed by atoms with E-state index in [0.29, 0.717) is 17.7 Å². The Kier molecular flexibility index (Phi) is 11.6. The number of hydrogen-bond donors (Lipinski definition) is 3. The summed E-state index contributed by atoms with van der Waals surface area (Å²) in [5.74, 6) is -2.58. The predicted molar refractivity (Wildman–Crippen MR) is 227 cm³/mol. The Bertz CT molecular complexity index is 2470. The molecule has 1 aliphatic heterocycles. The highest BCUT2D eigenvalue weighted by atomic mass is 32.2. The van der Waals surface area contributed by atoms with Gasteiger partial charge in [-0.25, -0.2) is 0 Å². The fraction of sp³-hybridized carbons (Fsp3) is 0.326. The molecule has 56 heavy (non-hydrogen) atoms.